The van der Waals surface area contributed by atoms with Crippen LogP contribution in [0.1, 0.15) is 16.7 Å². The van der Waals surface area contributed by atoms with Gasteiger partial charge in [-0.2, -0.15) is 18.6 Å². The van der Waals surface area contributed by atoms with Gasteiger partial charge in [0, 0.05) is 17.3 Å². The number of nitrogens with one attached hydrogen (secondary N) is 1. The van der Waals surface area contributed by atoms with Crippen LogP contribution < -0.4 is 9.57 Å². The summed E-state index contributed by atoms with van der Waals surface area (Å²) in [6, 6.07) is 33.9. The number of sulfonamides is 1. The van der Waals surface area contributed by atoms with Crippen molar-refractivity contribution >= 4 is 16.2 Å². The predicted octanol–water partition coefficient (Wildman–Crippen LogP) is 5.74. The van der Waals surface area contributed by atoms with Crippen LogP contribution in [-0.2, 0) is 16.6 Å². The molecular weight excluding hydrogens is 496 g/mol. The van der Waals surface area contributed by atoms with Gasteiger partial charge in [-0.25, -0.2) is 9.51 Å². The molecule has 38 heavy (non-hydrogen) atoms. The molecule has 1 heterocycles. The molecule has 0 spiro atoms. The van der Waals surface area contributed by atoms with E-state index in [4.69, 9.17) is 9.84 Å². The Kier molecular flexibility index (Phi) is 7.33. The number of nitrogens with zero attached hydrogens (tertiary/aromatic N) is 3. The number of rotatable bonds is 9. The lowest BCUT2D eigenvalue weighted by Crippen LogP contribution is -2.18. The largest absolute Gasteiger partial charge is 0.489 e. The van der Waals surface area contributed by atoms with Gasteiger partial charge >= 0.3 is 0 Å². The number of ether oxygens (including phenoxy) is 1. The van der Waals surface area contributed by atoms with E-state index in [1.165, 1.54) is 6.21 Å². The fourth-order valence-corrected chi connectivity index (χ4v) is 4.60. The molecule has 7 nitrogen and oxygen atoms in total. The lowest BCUT2D eigenvalue weighted by Gasteiger charge is -2.07. The fraction of sp³-hybridized carbons (Fsp3) is 0.0667. The molecule has 5 aromatic rings. The number of hydrazone groups is 1. The van der Waals surface area contributed by atoms with Crippen molar-refractivity contribution in [2.45, 2.75) is 18.4 Å². The highest BCUT2D eigenvalue weighted by molar-refractivity contribution is 7.89. The summed E-state index contributed by atoms with van der Waals surface area (Å²) < 4.78 is 33.0. The molecule has 0 aliphatic rings. The van der Waals surface area contributed by atoms with E-state index < -0.39 is 10.0 Å². The maximum absolute atomic E-state index is 12.7. The van der Waals surface area contributed by atoms with Crippen LogP contribution >= 0.6 is 0 Å². The van der Waals surface area contributed by atoms with Crippen molar-refractivity contribution in [1.82, 2.24) is 14.6 Å². The van der Waals surface area contributed by atoms with E-state index >= 15 is 0 Å². The zero-order valence-electron chi connectivity index (χ0n) is 20.7. The lowest BCUT2D eigenvalue weighted by molar-refractivity contribution is 0.306. The Morgan fingerprint density at radius 2 is 1.53 bits per heavy atom. The molecule has 1 aromatic heterocycles. The monoisotopic (exact) mass is 522 g/mol. The highest BCUT2D eigenvalue weighted by Gasteiger charge is 2.14. The summed E-state index contributed by atoms with van der Waals surface area (Å²) in [5.74, 6) is 0.737. The van der Waals surface area contributed by atoms with Crippen LogP contribution in [0.5, 0.6) is 5.75 Å². The Labute approximate surface area is 222 Å². The van der Waals surface area contributed by atoms with Gasteiger partial charge < -0.3 is 4.74 Å². The molecule has 0 aliphatic heterocycles. The summed E-state index contributed by atoms with van der Waals surface area (Å²) >= 11 is 0. The average Bonchev–Trinajstić information content (AvgIpc) is 3.37. The molecule has 0 amide bonds. The minimum atomic E-state index is -3.80. The average molecular weight is 523 g/mol. The van der Waals surface area contributed by atoms with Gasteiger partial charge in [0.2, 0.25) is 0 Å². The highest BCUT2D eigenvalue weighted by atomic mass is 32.2. The molecule has 0 atom stereocenters. The fourth-order valence-electron chi connectivity index (χ4n) is 3.80. The van der Waals surface area contributed by atoms with Gasteiger partial charge in [0.15, 0.2) is 0 Å². The molecular formula is C30H26N4O3S. The van der Waals surface area contributed by atoms with Gasteiger partial charge in [-0.15, -0.1) is 0 Å². The molecule has 0 bridgehead atoms. The Balaban J connectivity index is 1.39. The molecule has 5 rings (SSSR count). The molecule has 0 saturated carbocycles. The third-order valence-corrected chi connectivity index (χ3v) is 7.09. The van der Waals surface area contributed by atoms with Crippen molar-refractivity contribution in [3.63, 3.8) is 0 Å². The van der Waals surface area contributed by atoms with E-state index in [0.29, 0.717) is 17.9 Å². The second-order valence-electron chi connectivity index (χ2n) is 8.68. The summed E-state index contributed by atoms with van der Waals surface area (Å²) in [5, 5.41) is 8.81. The van der Waals surface area contributed by atoms with Crippen LogP contribution in [0.4, 0.5) is 0 Å². The van der Waals surface area contributed by atoms with Crippen molar-refractivity contribution in [3.05, 3.63) is 132 Å². The number of hydrogen-bond acceptors (Lipinski definition) is 5. The molecule has 0 unspecified atom stereocenters. The second kappa shape index (κ2) is 11.1. The van der Waals surface area contributed by atoms with Crippen molar-refractivity contribution in [2.24, 2.45) is 5.10 Å². The van der Waals surface area contributed by atoms with Gasteiger partial charge in [0.05, 0.1) is 16.8 Å². The number of para-hydroxylation sites is 1. The summed E-state index contributed by atoms with van der Waals surface area (Å²) in [4.78, 5) is 2.44. The van der Waals surface area contributed by atoms with Crippen LogP contribution in [0.15, 0.2) is 125 Å². The van der Waals surface area contributed by atoms with E-state index in [-0.39, 0.29) is 4.90 Å². The first-order valence-electron chi connectivity index (χ1n) is 12.0. The normalized spacial score (nSPS) is 11.5. The van der Waals surface area contributed by atoms with Crippen molar-refractivity contribution < 1.29 is 13.2 Å². The molecule has 0 saturated heterocycles. The third-order valence-electron chi connectivity index (χ3n) is 5.85. The maximum atomic E-state index is 12.7. The van der Waals surface area contributed by atoms with Crippen LogP contribution in [0, 0.1) is 6.92 Å². The highest BCUT2D eigenvalue weighted by Crippen LogP contribution is 2.25. The Hall–Kier alpha value is -4.69. The number of aryl methyl sites for hydroxylation is 1. The third kappa shape index (κ3) is 5.99. The van der Waals surface area contributed by atoms with Crippen LogP contribution in [0.25, 0.3) is 16.9 Å². The van der Waals surface area contributed by atoms with Gasteiger partial charge in [0.25, 0.3) is 10.0 Å². The first-order chi connectivity index (χ1) is 18.5. The maximum Gasteiger partial charge on any atom is 0.276 e. The van der Waals surface area contributed by atoms with Gasteiger partial charge in [-0.3, -0.25) is 0 Å². The van der Waals surface area contributed by atoms with Crippen molar-refractivity contribution in [3.8, 4) is 22.7 Å². The number of hydrogen-bond donors (Lipinski definition) is 1. The minimum absolute atomic E-state index is 0.145. The Morgan fingerprint density at radius 3 is 2.21 bits per heavy atom. The molecule has 1 N–H and O–H groups in total. The topological polar surface area (TPSA) is 85.6 Å². The second-order valence-corrected chi connectivity index (χ2v) is 10.3. The molecule has 190 valence electrons. The zero-order valence-corrected chi connectivity index (χ0v) is 21.5. The smallest absolute Gasteiger partial charge is 0.276 e. The van der Waals surface area contributed by atoms with E-state index in [1.807, 2.05) is 98.0 Å². The lowest BCUT2D eigenvalue weighted by atomic mass is 10.1. The summed E-state index contributed by atoms with van der Waals surface area (Å²) in [7, 11) is -3.80. The zero-order chi connectivity index (χ0) is 26.4. The van der Waals surface area contributed by atoms with Gasteiger partial charge in [-0.1, -0.05) is 66.2 Å². The molecule has 4 aromatic carbocycles. The standard InChI is InChI=1S/C30H26N4O3S/c1-23-12-18-29(19-13-23)38(35,36)33-31-20-26-21-34(27-10-6-3-7-11-27)32-30(26)25-14-16-28(17-15-25)37-22-24-8-4-2-5-9-24/h2-21,33H,22H2,1H3/b31-20+. The Bertz CT molecular complexity index is 1630. The van der Waals surface area contributed by atoms with E-state index in [9.17, 15) is 8.42 Å². The van der Waals surface area contributed by atoms with E-state index in [1.54, 1.807) is 28.9 Å². The Morgan fingerprint density at radius 1 is 0.868 bits per heavy atom. The van der Waals surface area contributed by atoms with Gasteiger partial charge in [0.1, 0.15) is 18.1 Å². The summed E-state index contributed by atoms with van der Waals surface area (Å²) in [6.07, 6.45) is 3.28. The van der Waals surface area contributed by atoms with Crippen LogP contribution in [0.3, 0.4) is 0 Å². The van der Waals surface area contributed by atoms with Crippen molar-refractivity contribution in [1.29, 1.82) is 0 Å². The number of benzene rings is 4. The summed E-state index contributed by atoms with van der Waals surface area (Å²) in [5.41, 5.74) is 5.08. The minimum Gasteiger partial charge on any atom is -0.489 e. The van der Waals surface area contributed by atoms with Crippen molar-refractivity contribution in [2.75, 3.05) is 0 Å². The molecule has 0 radical (unpaired) electrons. The quantitative estimate of drug-likeness (QED) is 0.198. The first-order valence-corrected chi connectivity index (χ1v) is 13.5. The van der Waals surface area contributed by atoms with E-state index in [0.717, 1.165) is 28.1 Å². The molecule has 8 heteroatoms. The molecule has 0 fully saturated rings. The van der Waals surface area contributed by atoms with E-state index in [2.05, 4.69) is 9.93 Å². The number of aromatic nitrogens is 2. The van der Waals surface area contributed by atoms with Crippen LogP contribution in [-0.4, -0.2) is 24.4 Å². The van der Waals surface area contributed by atoms with Gasteiger partial charge in [-0.05, 0) is 61.0 Å². The summed E-state index contributed by atoms with van der Waals surface area (Å²) in [6.45, 7) is 2.37. The van der Waals surface area contributed by atoms with Crippen LogP contribution in [0.2, 0.25) is 0 Å². The predicted molar refractivity (Wildman–Crippen MR) is 149 cm³/mol. The SMILES string of the molecule is Cc1ccc(S(=O)(=O)N/N=C/c2cn(-c3ccccc3)nc2-c2ccc(OCc3ccccc3)cc2)cc1. The first kappa shape index (κ1) is 25.0. The molecule has 0 aliphatic carbocycles.